The minimum atomic E-state index is -4.85. The second-order valence-corrected chi connectivity index (χ2v) is 9.54. The quantitative estimate of drug-likeness (QED) is 0.294. The van der Waals surface area contributed by atoms with Crippen LogP contribution in [0.15, 0.2) is 78.9 Å². The van der Waals surface area contributed by atoms with Gasteiger partial charge >= 0.3 is 12.4 Å². The Morgan fingerprint density at radius 1 is 0.649 bits per heavy atom. The van der Waals surface area contributed by atoms with E-state index in [1.54, 1.807) is 0 Å². The predicted octanol–water partition coefficient (Wildman–Crippen LogP) is 7.78. The van der Waals surface area contributed by atoms with Crippen LogP contribution in [0.1, 0.15) is 53.2 Å². The fourth-order valence-electron chi connectivity index (χ4n) is 5.08. The van der Waals surface area contributed by atoms with Gasteiger partial charge in [-0.15, -0.1) is 0 Å². The number of aryl methyl sites for hydroxylation is 1. The van der Waals surface area contributed by atoms with E-state index < -0.39 is 23.5 Å². The molecule has 1 heterocycles. The van der Waals surface area contributed by atoms with Crippen molar-refractivity contribution in [2.24, 2.45) is 0 Å². The van der Waals surface area contributed by atoms with Crippen molar-refractivity contribution >= 4 is 0 Å². The Morgan fingerprint density at radius 2 is 1.11 bits per heavy atom. The van der Waals surface area contributed by atoms with Gasteiger partial charge in [0.2, 0.25) is 0 Å². The zero-order valence-electron chi connectivity index (χ0n) is 20.6. The Balaban J connectivity index is 1.51. The summed E-state index contributed by atoms with van der Waals surface area (Å²) >= 11 is 0. The van der Waals surface area contributed by atoms with Crippen LogP contribution in [0.25, 0.3) is 0 Å². The molecule has 2 atom stereocenters. The molecule has 0 aliphatic carbocycles. The van der Waals surface area contributed by atoms with Crippen molar-refractivity contribution in [3.8, 4) is 0 Å². The fraction of sp³-hybridized carbons (Fsp3) is 0.379. The SMILES string of the molecule is CC(c1ccccc1)N1CCN(C(CCc2cc(C(F)(F)F)cc(C(F)(F)F)c2)c2ccccc2)CC1. The van der Waals surface area contributed by atoms with Crippen molar-refractivity contribution in [1.29, 1.82) is 0 Å². The zero-order valence-corrected chi connectivity index (χ0v) is 20.6. The minimum absolute atomic E-state index is 0.0411. The van der Waals surface area contributed by atoms with Gasteiger partial charge in [-0.25, -0.2) is 0 Å². The maximum absolute atomic E-state index is 13.3. The molecule has 0 N–H and O–H groups in total. The van der Waals surface area contributed by atoms with Gasteiger partial charge < -0.3 is 0 Å². The van der Waals surface area contributed by atoms with Crippen molar-refractivity contribution in [2.45, 2.75) is 44.2 Å². The van der Waals surface area contributed by atoms with Crippen LogP contribution in [-0.2, 0) is 18.8 Å². The summed E-state index contributed by atoms with van der Waals surface area (Å²) in [5.74, 6) is 0. The molecule has 3 aromatic carbocycles. The Kier molecular flexibility index (Phi) is 8.29. The lowest BCUT2D eigenvalue weighted by Crippen LogP contribution is -2.48. The van der Waals surface area contributed by atoms with E-state index in [0.29, 0.717) is 6.42 Å². The molecule has 37 heavy (non-hydrogen) atoms. The van der Waals surface area contributed by atoms with Gasteiger partial charge in [0, 0.05) is 38.3 Å². The van der Waals surface area contributed by atoms with E-state index in [2.05, 4.69) is 28.9 Å². The lowest BCUT2D eigenvalue weighted by molar-refractivity contribution is -0.143. The first kappa shape index (κ1) is 27.2. The molecule has 1 aliphatic rings. The maximum Gasteiger partial charge on any atom is 0.416 e. The molecule has 1 fully saturated rings. The Morgan fingerprint density at radius 3 is 1.59 bits per heavy atom. The zero-order chi connectivity index (χ0) is 26.6. The number of alkyl halides is 6. The third-order valence-electron chi connectivity index (χ3n) is 7.16. The lowest BCUT2D eigenvalue weighted by Gasteiger charge is -2.42. The molecule has 4 rings (SSSR count). The molecule has 0 radical (unpaired) electrons. The summed E-state index contributed by atoms with van der Waals surface area (Å²) in [6, 6.07) is 21.9. The van der Waals surface area contributed by atoms with E-state index in [-0.39, 0.29) is 30.1 Å². The number of hydrogen-bond donors (Lipinski definition) is 0. The van der Waals surface area contributed by atoms with Gasteiger partial charge in [0.1, 0.15) is 0 Å². The van der Waals surface area contributed by atoms with Crippen molar-refractivity contribution in [3.63, 3.8) is 0 Å². The second-order valence-electron chi connectivity index (χ2n) is 9.54. The average molecular weight is 521 g/mol. The van der Waals surface area contributed by atoms with E-state index in [4.69, 9.17) is 0 Å². The first-order chi connectivity index (χ1) is 17.5. The molecule has 1 aliphatic heterocycles. The highest BCUT2D eigenvalue weighted by Gasteiger charge is 2.37. The van der Waals surface area contributed by atoms with Gasteiger partial charge in [0.05, 0.1) is 11.1 Å². The molecule has 3 aromatic rings. The Labute approximate surface area is 213 Å². The molecule has 2 unspecified atom stereocenters. The molecule has 0 amide bonds. The summed E-state index contributed by atoms with van der Waals surface area (Å²) in [5.41, 5.74) is -0.246. The Hall–Kier alpha value is -2.84. The lowest BCUT2D eigenvalue weighted by atomic mass is 9.94. The topological polar surface area (TPSA) is 6.48 Å². The van der Waals surface area contributed by atoms with E-state index in [9.17, 15) is 26.3 Å². The molecular weight excluding hydrogens is 490 g/mol. The van der Waals surface area contributed by atoms with Gasteiger partial charge in [0.25, 0.3) is 0 Å². The highest BCUT2D eigenvalue weighted by Crippen LogP contribution is 2.37. The molecule has 0 aromatic heterocycles. The molecular formula is C29H30F6N2. The van der Waals surface area contributed by atoms with Crippen LogP contribution in [0.4, 0.5) is 26.3 Å². The smallest absolute Gasteiger partial charge is 0.294 e. The highest BCUT2D eigenvalue weighted by atomic mass is 19.4. The van der Waals surface area contributed by atoms with Gasteiger partial charge in [-0.1, -0.05) is 60.7 Å². The fourth-order valence-corrected chi connectivity index (χ4v) is 5.08. The largest absolute Gasteiger partial charge is 0.416 e. The number of piperazine rings is 1. The van der Waals surface area contributed by atoms with Crippen LogP contribution in [0.2, 0.25) is 0 Å². The predicted molar refractivity (Wildman–Crippen MR) is 132 cm³/mol. The molecule has 0 spiro atoms. The van der Waals surface area contributed by atoms with Crippen LogP contribution in [0, 0.1) is 0 Å². The van der Waals surface area contributed by atoms with Crippen LogP contribution in [-0.4, -0.2) is 36.0 Å². The van der Waals surface area contributed by atoms with Crippen LogP contribution in [0.5, 0.6) is 0 Å². The van der Waals surface area contributed by atoms with Crippen LogP contribution < -0.4 is 0 Å². The van der Waals surface area contributed by atoms with Gasteiger partial charge in [-0.3, -0.25) is 9.80 Å². The number of benzene rings is 3. The van der Waals surface area contributed by atoms with E-state index in [1.165, 1.54) is 5.56 Å². The summed E-state index contributed by atoms with van der Waals surface area (Å²) in [7, 11) is 0. The number of nitrogens with zero attached hydrogens (tertiary/aromatic N) is 2. The van der Waals surface area contributed by atoms with E-state index in [1.807, 2.05) is 48.5 Å². The van der Waals surface area contributed by atoms with Crippen molar-refractivity contribution in [2.75, 3.05) is 26.2 Å². The van der Waals surface area contributed by atoms with Gasteiger partial charge in [0.15, 0.2) is 0 Å². The summed E-state index contributed by atoms with van der Waals surface area (Å²) in [4.78, 5) is 4.69. The Bertz CT molecular complexity index is 1100. The van der Waals surface area contributed by atoms with Crippen LogP contribution in [0.3, 0.4) is 0 Å². The second kappa shape index (κ2) is 11.3. The highest BCUT2D eigenvalue weighted by molar-refractivity contribution is 5.34. The molecule has 0 bridgehead atoms. The van der Waals surface area contributed by atoms with Crippen molar-refractivity contribution in [3.05, 3.63) is 107 Å². The molecule has 1 saturated heterocycles. The van der Waals surface area contributed by atoms with Crippen LogP contribution >= 0.6 is 0 Å². The van der Waals surface area contributed by atoms with Crippen molar-refractivity contribution < 1.29 is 26.3 Å². The normalized spacial score (nSPS) is 17.5. The summed E-state index contributed by atoms with van der Waals surface area (Å²) in [5, 5.41) is 0. The number of rotatable bonds is 7. The number of halogens is 6. The number of hydrogen-bond acceptors (Lipinski definition) is 2. The molecule has 198 valence electrons. The summed E-state index contributed by atoms with van der Waals surface area (Å²) in [6.45, 7) is 5.33. The minimum Gasteiger partial charge on any atom is -0.294 e. The standard InChI is InChI=1S/C29H30F6N2/c1-21(23-8-4-2-5-9-23)36-14-16-37(17-15-36)27(24-10-6-3-7-11-24)13-12-22-18-25(28(30,31)32)20-26(19-22)29(33,34)35/h2-11,18-21,27H,12-17H2,1H3. The third kappa shape index (κ3) is 6.93. The van der Waals surface area contributed by atoms with Gasteiger partial charge in [-0.05, 0) is 54.7 Å². The van der Waals surface area contributed by atoms with Crippen molar-refractivity contribution in [1.82, 2.24) is 9.80 Å². The van der Waals surface area contributed by atoms with E-state index in [0.717, 1.165) is 43.9 Å². The monoisotopic (exact) mass is 520 g/mol. The first-order valence-electron chi connectivity index (χ1n) is 12.4. The summed E-state index contributed by atoms with van der Waals surface area (Å²) < 4.78 is 80.0. The summed E-state index contributed by atoms with van der Waals surface area (Å²) in [6.07, 6.45) is -9.18. The van der Waals surface area contributed by atoms with E-state index >= 15 is 0 Å². The maximum atomic E-state index is 13.3. The molecule has 8 heteroatoms. The van der Waals surface area contributed by atoms with Gasteiger partial charge in [-0.2, -0.15) is 26.3 Å². The molecule has 0 saturated carbocycles. The average Bonchev–Trinajstić information content (AvgIpc) is 2.89. The molecule has 2 nitrogen and oxygen atoms in total. The third-order valence-corrected chi connectivity index (χ3v) is 7.16. The first-order valence-corrected chi connectivity index (χ1v) is 12.4.